The smallest absolute Gasteiger partial charge is 0.286 e. The van der Waals surface area contributed by atoms with Crippen molar-refractivity contribution in [2.45, 2.75) is 19.4 Å². The van der Waals surface area contributed by atoms with Gasteiger partial charge in [-0.25, -0.2) is 4.39 Å². The van der Waals surface area contributed by atoms with Gasteiger partial charge in [-0.15, -0.1) is 10.2 Å². The van der Waals surface area contributed by atoms with Crippen molar-refractivity contribution in [1.82, 2.24) is 20.4 Å². The summed E-state index contributed by atoms with van der Waals surface area (Å²) in [6, 6.07) is 12.8. The molecular weight excluding hydrogens is 473 g/mol. The topological polar surface area (TPSA) is 114 Å². The number of nitrogens with zero attached hydrogens (tertiary/aromatic N) is 3. The van der Waals surface area contributed by atoms with Gasteiger partial charge in [0.1, 0.15) is 11.6 Å². The van der Waals surface area contributed by atoms with Crippen molar-refractivity contribution in [2.24, 2.45) is 5.92 Å². The maximum atomic E-state index is 13.0. The third-order valence-corrected chi connectivity index (χ3v) is 6.54. The van der Waals surface area contributed by atoms with Crippen LogP contribution >= 0.6 is 11.3 Å². The number of piperidine rings is 1. The van der Waals surface area contributed by atoms with E-state index >= 15 is 0 Å². The van der Waals surface area contributed by atoms with Crippen LogP contribution in [0.3, 0.4) is 0 Å². The zero-order valence-electron chi connectivity index (χ0n) is 19.0. The predicted molar refractivity (Wildman–Crippen MR) is 128 cm³/mol. The highest BCUT2D eigenvalue weighted by atomic mass is 32.1. The normalized spacial score (nSPS) is 15.4. The number of methoxy groups -OCH3 is 1. The Kier molecular flexibility index (Phi) is 7.66. The van der Waals surface area contributed by atoms with Crippen LogP contribution in [0.1, 0.15) is 38.0 Å². The van der Waals surface area contributed by atoms with E-state index in [0.717, 1.165) is 16.9 Å². The number of hydrogen-bond acceptors (Lipinski definition) is 7. The Morgan fingerprint density at radius 3 is 2.63 bits per heavy atom. The van der Waals surface area contributed by atoms with Gasteiger partial charge in [0.25, 0.3) is 11.8 Å². The number of carbonyl (C=O) groups excluding carboxylic acids is 3. The van der Waals surface area contributed by atoms with Crippen molar-refractivity contribution in [3.05, 3.63) is 69.9 Å². The summed E-state index contributed by atoms with van der Waals surface area (Å²) in [5.74, 6) is -1.11. The van der Waals surface area contributed by atoms with Crippen LogP contribution in [-0.4, -0.2) is 53.0 Å². The Morgan fingerprint density at radius 2 is 1.86 bits per heavy atom. The number of nitrogens with one attached hydrogen (secondary N) is 2. The van der Waals surface area contributed by atoms with E-state index in [9.17, 15) is 18.8 Å². The molecule has 0 aliphatic carbocycles. The molecule has 182 valence electrons. The predicted octanol–water partition coefficient (Wildman–Crippen LogP) is 3.11. The molecule has 2 N–H and O–H groups in total. The second-order valence-electron chi connectivity index (χ2n) is 7.99. The Morgan fingerprint density at radius 1 is 1.11 bits per heavy atom. The van der Waals surface area contributed by atoms with Crippen LogP contribution in [0, 0.1) is 11.7 Å². The standard InChI is InChI=1S/C24H24FN5O4S/c1-34-19-7-3-2-5-15(19)13-26-20(31)16-6-4-12-30(14-16)24(33)23-29-28-22(35-23)21(32)27-18-10-8-17(25)9-11-18/h2-3,5,7-11,16H,4,6,12-14H2,1H3,(H,26,31)(H,27,32)/t16-/m1/s1. The van der Waals surface area contributed by atoms with Crippen LogP contribution in [0.4, 0.5) is 10.1 Å². The van der Waals surface area contributed by atoms with Crippen molar-refractivity contribution in [3.63, 3.8) is 0 Å². The number of carbonyl (C=O) groups is 3. The van der Waals surface area contributed by atoms with Crippen molar-refractivity contribution in [1.29, 1.82) is 0 Å². The molecule has 1 fully saturated rings. The summed E-state index contributed by atoms with van der Waals surface area (Å²) in [5.41, 5.74) is 1.27. The van der Waals surface area contributed by atoms with Crippen LogP contribution in [0.15, 0.2) is 48.5 Å². The lowest BCUT2D eigenvalue weighted by molar-refractivity contribution is -0.126. The van der Waals surface area contributed by atoms with Gasteiger partial charge in [0.15, 0.2) is 0 Å². The van der Waals surface area contributed by atoms with E-state index in [4.69, 9.17) is 4.74 Å². The van der Waals surface area contributed by atoms with Crippen molar-refractivity contribution in [3.8, 4) is 5.75 Å². The summed E-state index contributed by atoms with van der Waals surface area (Å²) < 4.78 is 18.4. The fraction of sp³-hybridized carbons (Fsp3) is 0.292. The van der Waals surface area contributed by atoms with E-state index in [0.29, 0.717) is 37.4 Å². The molecular formula is C24H24FN5O4S. The Balaban J connectivity index is 1.34. The minimum atomic E-state index is -0.541. The van der Waals surface area contributed by atoms with Gasteiger partial charge in [-0.3, -0.25) is 14.4 Å². The first-order valence-electron chi connectivity index (χ1n) is 11.0. The number of para-hydroxylation sites is 1. The van der Waals surface area contributed by atoms with Crippen molar-refractivity contribution < 1.29 is 23.5 Å². The number of benzene rings is 2. The highest BCUT2D eigenvalue weighted by Gasteiger charge is 2.31. The summed E-state index contributed by atoms with van der Waals surface area (Å²) in [6.07, 6.45) is 1.35. The van der Waals surface area contributed by atoms with Gasteiger partial charge in [0.2, 0.25) is 15.9 Å². The molecule has 4 rings (SSSR count). The molecule has 1 atom stereocenters. The number of halogens is 1. The third-order valence-electron chi connectivity index (χ3n) is 5.63. The van der Waals surface area contributed by atoms with Crippen LogP contribution < -0.4 is 15.4 Å². The molecule has 11 heteroatoms. The number of ether oxygens (including phenoxy) is 1. The van der Waals surface area contributed by atoms with Gasteiger partial charge in [-0.1, -0.05) is 29.5 Å². The first-order valence-corrected chi connectivity index (χ1v) is 11.9. The van der Waals surface area contributed by atoms with Crippen LogP contribution in [0.2, 0.25) is 0 Å². The first kappa shape index (κ1) is 24.3. The van der Waals surface area contributed by atoms with E-state index in [1.165, 1.54) is 24.3 Å². The molecule has 0 unspecified atom stereocenters. The Bertz CT molecular complexity index is 1220. The lowest BCUT2D eigenvalue weighted by Crippen LogP contribution is -2.45. The molecule has 3 aromatic rings. The molecule has 1 aliphatic rings. The van der Waals surface area contributed by atoms with E-state index in [1.54, 1.807) is 12.0 Å². The molecule has 0 spiro atoms. The maximum absolute atomic E-state index is 13.0. The average Bonchev–Trinajstić information content (AvgIpc) is 3.39. The second kappa shape index (κ2) is 11.0. The highest BCUT2D eigenvalue weighted by Crippen LogP contribution is 2.22. The lowest BCUT2D eigenvalue weighted by atomic mass is 9.97. The summed E-state index contributed by atoms with van der Waals surface area (Å²) in [4.78, 5) is 39.7. The molecule has 2 heterocycles. The number of hydrogen-bond donors (Lipinski definition) is 2. The van der Waals surface area contributed by atoms with Gasteiger partial charge >= 0.3 is 0 Å². The van der Waals surface area contributed by atoms with Crippen molar-refractivity contribution >= 4 is 34.7 Å². The molecule has 3 amide bonds. The maximum Gasteiger partial charge on any atom is 0.286 e. The molecule has 9 nitrogen and oxygen atoms in total. The Hall–Kier alpha value is -3.86. The van der Waals surface area contributed by atoms with Gasteiger partial charge in [0, 0.05) is 30.9 Å². The fourth-order valence-electron chi connectivity index (χ4n) is 3.81. The Labute approximate surface area is 205 Å². The van der Waals surface area contributed by atoms with E-state index in [1.807, 2.05) is 24.3 Å². The number of rotatable bonds is 7. The molecule has 0 saturated carbocycles. The number of amides is 3. The van der Waals surface area contributed by atoms with Crippen LogP contribution in [-0.2, 0) is 11.3 Å². The number of aromatic nitrogens is 2. The lowest BCUT2D eigenvalue weighted by Gasteiger charge is -2.31. The number of anilines is 1. The fourth-order valence-corrected chi connectivity index (χ4v) is 4.51. The zero-order chi connectivity index (χ0) is 24.8. The van der Waals surface area contributed by atoms with Gasteiger partial charge in [-0.05, 0) is 43.2 Å². The summed E-state index contributed by atoms with van der Waals surface area (Å²) in [7, 11) is 1.58. The largest absolute Gasteiger partial charge is 0.496 e. The zero-order valence-corrected chi connectivity index (χ0v) is 19.8. The molecule has 1 aliphatic heterocycles. The van der Waals surface area contributed by atoms with E-state index < -0.39 is 11.7 Å². The molecule has 1 saturated heterocycles. The minimum Gasteiger partial charge on any atom is -0.496 e. The second-order valence-corrected chi connectivity index (χ2v) is 8.97. The van der Waals surface area contributed by atoms with Crippen LogP contribution in [0.25, 0.3) is 0 Å². The molecule has 1 aromatic heterocycles. The van der Waals surface area contributed by atoms with Crippen LogP contribution in [0.5, 0.6) is 5.75 Å². The summed E-state index contributed by atoms with van der Waals surface area (Å²) in [5, 5.41) is 13.3. The molecule has 0 radical (unpaired) electrons. The highest BCUT2D eigenvalue weighted by molar-refractivity contribution is 7.15. The van der Waals surface area contributed by atoms with Gasteiger partial charge < -0.3 is 20.3 Å². The van der Waals surface area contributed by atoms with Gasteiger partial charge in [-0.2, -0.15) is 0 Å². The summed E-state index contributed by atoms with van der Waals surface area (Å²) >= 11 is 0.872. The number of likely N-dealkylation sites (tertiary alicyclic amines) is 1. The third kappa shape index (κ3) is 5.99. The monoisotopic (exact) mass is 497 g/mol. The average molecular weight is 498 g/mol. The molecule has 2 aromatic carbocycles. The summed E-state index contributed by atoms with van der Waals surface area (Å²) in [6.45, 7) is 1.08. The quantitative estimate of drug-likeness (QED) is 0.519. The first-order chi connectivity index (χ1) is 16.9. The minimum absolute atomic E-state index is 0.0146. The molecule has 0 bridgehead atoms. The SMILES string of the molecule is COc1ccccc1CNC(=O)[C@@H]1CCCN(C(=O)c2nnc(C(=O)Nc3ccc(F)cc3)s2)C1. The molecule has 35 heavy (non-hydrogen) atoms. The van der Waals surface area contributed by atoms with E-state index in [-0.39, 0.29) is 34.3 Å². The van der Waals surface area contributed by atoms with Crippen molar-refractivity contribution in [2.75, 3.05) is 25.5 Å². The van der Waals surface area contributed by atoms with Gasteiger partial charge in [0.05, 0.1) is 13.0 Å². The van der Waals surface area contributed by atoms with E-state index in [2.05, 4.69) is 20.8 Å².